The fourth-order valence-corrected chi connectivity index (χ4v) is 4.45. The highest BCUT2D eigenvalue weighted by Gasteiger charge is 2.19. The number of hydrogen-bond acceptors (Lipinski definition) is 7. The van der Waals surface area contributed by atoms with Gasteiger partial charge in [-0.2, -0.15) is 0 Å². The van der Waals surface area contributed by atoms with Gasteiger partial charge in [0.25, 0.3) is 0 Å². The fraction of sp³-hybridized carbons (Fsp3) is 0.350. The first kappa shape index (κ1) is 21.7. The molecule has 160 valence electrons. The van der Waals surface area contributed by atoms with Gasteiger partial charge in [0.05, 0.1) is 12.0 Å². The summed E-state index contributed by atoms with van der Waals surface area (Å²) in [5, 5.41) is 3.14. The monoisotopic (exact) mass is 430 g/mol. The van der Waals surface area contributed by atoms with E-state index in [9.17, 15) is 8.42 Å². The molecule has 2 heterocycles. The summed E-state index contributed by atoms with van der Waals surface area (Å²) in [6.45, 7) is 7.88. The zero-order valence-electron chi connectivity index (χ0n) is 17.7. The first-order valence-corrected chi connectivity index (χ1v) is 10.9. The van der Waals surface area contributed by atoms with Crippen molar-refractivity contribution in [2.45, 2.75) is 32.6 Å². The lowest BCUT2D eigenvalue weighted by Gasteiger charge is -2.14. The van der Waals surface area contributed by atoms with Crippen LogP contribution in [0.25, 0.3) is 5.82 Å². The smallest absolute Gasteiger partial charge is 0.240 e. The number of nitrogens with zero attached hydrogens (tertiary/aromatic N) is 4. The van der Waals surface area contributed by atoms with Gasteiger partial charge in [-0.1, -0.05) is 0 Å². The van der Waals surface area contributed by atoms with Crippen LogP contribution in [0.2, 0.25) is 0 Å². The van der Waals surface area contributed by atoms with Gasteiger partial charge in [0, 0.05) is 31.5 Å². The van der Waals surface area contributed by atoms with E-state index in [1.165, 1.54) is 0 Å². The predicted octanol–water partition coefficient (Wildman–Crippen LogP) is 2.29. The normalized spacial score (nSPS) is 11.5. The van der Waals surface area contributed by atoms with E-state index < -0.39 is 10.0 Å². The van der Waals surface area contributed by atoms with Crippen LogP contribution in [0, 0.1) is 27.7 Å². The Morgan fingerprint density at radius 2 is 1.83 bits per heavy atom. The average molecular weight is 431 g/mol. The van der Waals surface area contributed by atoms with Crippen molar-refractivity contribution in [3.8, 4) is 11.6 Å². The second kappa shape index (κ2) is 8.80. The minimum Gasteiger partial charge on any atom is -0.496 e. The summed E-state index contributed by atoms with van der Waals surface area (Å²) < 4.78 is 35.1. The number of ether oxygens (including phenoxy) is 1. The molecule has 1 aromatic carbocycles. The lowest BCUT2D eigenvalue weighted by molar-refractivity contribution is 0.410. The zero-order valence-corrected chi connectivity index (χ0v) is 18.5. The molecule has 0 bridgehead atoms. The highest BCUT2D eigenvalue weighted by atomic mass is 32.2. The van der Waals surface area contributed by atoms with Crippen LogP contribution in [-0.2, 0) is 10.0 Å². The Hall–Kier alpha value is -2.98. The van der Waals surface area contributed by atoms with Crippen LogP contribution in [0.15, 0.2) is 35.5 Å². The van der Waals surface area contributed by atoms with E-state index in [-0.39, 0.29) is 11.4 Å². The van der Waals surface area contributed by atoms with Crippen molar-refractivity contribution in [1.82, 2.24) is 24.2 Å². The molecule has 0 fully saturated rings. The molecule has 2 N–H and O–H groups in total. The molecule has 3 rings (SSSR count). The van der Waals surface area contributed by atoms with Crippen molar-refractivity contribution in [1.29, 1.82) is 0 Å². The average Bonchev–Trinajstić information content (AvgIpc) is 3.13. The van der Waals surface area contributed by atoms with Crippen LogP contribution in [-0.4, -0.2) is 48.1 Å². The largest absolute Gasteiger partial charge is 0.496 e. The molecule has 0 saturated carbocycles. The van der Waals surface area contributed by atoms with Gasteiger partial charge in [0.1, 0.15) is 29.0 Å². The molecule has 9 nitrogen and oxygen atoms in total. The predicted molar refractivity (Wildman–Crippen MR) is 115 cm³/mol. The third-order valence-electron chi connectivity index (χ3n) is 4.82. The van der Waals surface area contributed by atoms with E-state index >= 15 is 0 Å². The molecule has 0 unspecified atom stereocenters. The molecule has 0 amide bonds. The van der Waals surface area contributed by atoms with E-state index in [4.69, 9.17) is 4.74 Å². The van der Waals surface area contributed by atoms with Gasteiger partial charge in [0.15, 0.2) is 0 Å². The van der Waals surface area contributed by atoms with E-state index in [2.05, 4.69) is 25.0 Å². The van der Waals surface area contributed by atoms with Gasteiger partial charge in [0.2, 0.25) is 10.0 Å². The first-order valence-electron chi connectivity index (χ1n) is 9.46. The molecule has 3 aromatic rings. The second-order valence-corrected chi connectivity index (χ2v) is 8.58. The molecule has 0 atom stereocenters. The Morgan fingerprint density at radius 3 is 2.50 bits per heavy atom. The van der Waals surface area contributed by atoms with Crippen LogP contribution >= 0.6 is 0 Å². The number of anilines is 1. The lowest BCUT2D eigenvalue weighted by atomic mass is 10.1. The number of methoxy groups -OCH3 is 1. The summed E-state index contributed by atoms with van der Waals surface area (Å²) in [4.78, 5) is 13.2. The first-order chi connectivity index (χ1) is 14.2. The van der Waals surface area contributed by atoms with E-state index in [1.807, 2.05) is 24.6 Å². The SMILES string of the molecule is COc1ccc(S(=O)(=O)NCCNc2cc(-n3ccnc3C)nc(C)n2)c(C)c1C. The molecule has 2 aromatic heterocycles. The van der Waals surface area contributed by atoms with Crippen LogP contribution in [0.1, 0.15) is 22.8 Å². The van der Waals surface area contributed by atoms with Gasteiger partial charge in [-0.05, 0) is 51.0 Å². The third-order valence-corrected chi connectivity index (χ3v) is 6.42. The van der Waals surface area contributed by atoms with Crippen LogP contribution in [0.3, 0.4) is 0 Å². The van der Waals surface area contributed by atoms with Gasteiger partial charge in [-0.25, -0.2) is 28.1 Å². The number of rotatable bonds is 8. The highest BCUT2D eigenvalue weighted by molar-refractivity contribution is 7.89. The standard InChI is InChI=1S/C20H26N6O3S/c1-13-14(2)18(7-6-17(13)29-5)30(27,28)23-9-8-22-19-12-20(25-15(3)24-19)26-11-10-21-16(26)4/h6-7,10-12,23H,8-9H2,1-5H3,(H,22,24,25). The van der Waals surface area contributed by atoms with Gasteiger partial charge >= 0.3 is 0 Å². The molecule has 10 heteroatoms. The number of imidazole rings is 1. The molecule has 30 heavy (non-hydrogen) atoms. The second-order valence-electron chi connectivity index (χ2n) is 6.84. The molecule has 0 saturated heterocycles. The number of sulfonamides is 1. The number of nitrogens with one attached hydrogen (secondary N) is 2. The topological polar surface area (TPSA) is 111 Å². The van der Waals surface area contributed by atoms with Gasteiger partial charge < -0.3 is 10.1 Å². The molecule has 0 radical (unpaired) electrons. The number of hydrogen-bond donors (Lipinski definition) is 2. The molecule has 0 spiro atoms. The van der Waals surface area contributed by atoms with E-state index in [0.29, 0.717) is 35.3 Å². The van der Waals surface area contributed by atoms with Crippen molar-refractivity contribution < 1.29 is 13.2 Å². The summed E-state index contributed by atoms with van der Waals surface area (Å²) in [6, 6.07) is 5.02. The van der Waals surface area contributed by atoms with Crippen molar-refractivity contribution in [2.75, 3.05) is 25.5 Å². The summed E-state index contributed by atoms with van der Waals surface area (Å²) >= 11 is 0. The number of aryl methyl sites for hydroxylation is 2. The van der Waals surface area contributed by atoms with Crippen molar-refractivity contribution in [2.24, 2.45) is 0 Å². The Labute approximate surface area is 176 Å². The number of aromatic nitrogens is 4. The summed E-state index contributed by atoms with van der Waals surface area (Å²) in [5.41, 5.74) is 1.47. The van der Waals surface area contributed by atoms with Crippen LogP contribution in [0.4, 0.5) is 5.82 Å². The maximum absolute atomic E-state index is 12.7. The molecule has 0 aliphatic rings. The Bertz CT molecular complexity index is 1160. The summed E-state index contributed by atoms with van der Waals surface area (Å²) in [7, 11) is -2.08. The zero-order chi connectivity index (χ0) is 21.9. The Balaban J connectivity index is 1.66. The molecular formula is C20H26N6O3S. The minimum atomic E-state index is -3.64. The van der Waals surface area contributed by atoms with Crippen LogP contribution < -0.4 is 14.8 Å². The molecule has 0 aliphatic heterocycles. The van der Waals surface area contributed by atoms with E-state index in [0.717, 1.165) is 11.4 Å². The molecule has 0 aliphatic carbocycles. The van der Waals surface area contributed by atoms with Crippen molar-refractivity contribution >= 4 is 15.8 Å². The van der Waals surface area contributed by atoms with Crippen molar-refractivity contribution in [3.63, 3.8) is 0 Å². The quantitative estimate of drug-likeness (QED) is 0.528. The maximum atomic E-state index is 12.7. The summed E-state index contributed by atoms with van der Waals surface area (Å²) in [6.07, 6.45) is 3.53. The van der Waals surface area contributed by atoms with Gasteiger partial charge in [-0.3, -0.25) is 4.57 Å². The lowest BCUT2D eigenvalue weighted by Crippen LogP contribution is -2.29. The molecular weight excluding hydrogens is 404 g/mol. The van der Waals surface area contributed by atoms with Gasteiger partial charge in [-0.15, -0.1) is 0 Å². The minimum absolute atomic E-state index is 0.204. The van der Waals surface area contributed by atoms with Crippen molar-refractivity contribution in [3.05, 3.63) is 53.4 Å². The Kier molecular flexibility index (Phi) is 6.37. The highest BCUT2D eigenvalue weighted by Crippen LogP contribution is 2.26. The Morgan fingerprint density at radius 1 is 1.07 bits per heavy atom. The fourth-order valence-electron chi connectivity index (χ4n) is 3.12. The van der Waals surface area contributed by atoms with E-state index in [1.54, 1.807) is 45.4 Å². The third kappa shape index (κ3) is 4.60. The maximum Gasteiger partial charge on any atom is 0.240 e. The summed E-state index contributed by atoms with van der Waals surface area (Å²) in [5.74, 6) is 3.40. The number of benzene rings is 1. The van der Waals surface area contributed by atoms with Crippen LogP contribution in [0.5, 0.6) is 5.75 Å².